The standard InChI is InChI=1S/C12H13BrO5/c1-7-12(14)18-11(17-7)6-16-9-4-3-8(13)5-10(9)15-2/h3-5,7,11H,6H2,1-2H3. The van der Waals surface area contributed by atoms with Crippen LogP contribution in [0.4, 0.5) is 0 Å². The molecule has 1 fully saturated rings. The Bertz CT molecular complexity index is 448. The van der Waals surface area contributed by atoms with Gasteiger partial charge < -0.3 is 18.9 Å². The molecule has 2 unspecified atom stereocenters. The highest BCUT2D eigenvalue weighted by atomic mass is 79.9. The van der Waals surface area contributed by atoms with Gasteiger partial charge in [0.2, 0.25) is 6.29 Å². The lowest BCUT2D eigenvalue weighted by Crippen LogP contribution is -2.19. The number of esters is 1. The number of benzene rings is 1. The fraction of sp³-hybridized carbons (Fsp3) is 0.417. The summed E-state index contributed by atoms with van der Waals surface area (Å²) in [6.07, 6.45) is -1.20. The molecule has 0 bridgehead atoms. The van der Waals surface area contributed by atoms with E-state index in [-0.39, 0.29) is 12.6 Å². The number of carbonyl (C=O) groups is 1. The number of hydrogen-bond donors (Lipinski definition) is 0. The average molecular weight is 317 g/mol. The van der Waals surface area contributed by atoms with Crippen molar-refractivity contribution in [3.63, 3.8) is 0 Å². The number of cyclic esters (lactones) is 1. The molecular weight excluding hydrogens is 304 g/mol. The van der Waals surface area contributed by atoms with Gasteiger partial charge in [0, 0.05) is 4.47 Å². The molecule has 1 saturated heterocycles. The van der Waals surface area contributed by atoms with Gasteiger partial charge in [0.05, 0.1) is 7.11 Å². The highest BCUT2D eigenvalue weighted by molar-refractivity contribution is 9.10. The van der Waals surface area contributed by atoms with Crippen LogP contribution in [-0.2, 0) is 14.3 Å². The van der Waals surface area contributed by atoms with Crippen molar-refractivity contribution in [1.82, 2.24) is 0 Å². The zero-order chi connectivity index (χ0) is 13.1. The monoisotopic (exact) mass is 316 g/mol. The maximum Gasteiger partial charge on any atom is 0.337 e. The molecule has 0 N–H and O–H groups in total. The summed E-state index contributed by atoms with van der Waals surface area (Å²) in [5, 5.41) is 0. The second-order valence-electron chi connectivity index (χ2n) is 3.75. The normalized spacial score (nSPS) is 22.7. The Morgan fingerprint density at radius 1 is 1.39 bits per heavy atom. The van der Waals surface area contributed by atoms with Gasteiger partial charge in [-0.05, 0) is 25.1 Å². The number of methoxy groups -OCH3 is 1. The van der Waals surface area contributed by atoms with Crippen molar-refractivity contribution >= 4 is 21.9 Å². The molecule has 5 nitrogen and oxygen atoms in total. The van der Waals surface area contributed by atoms with Gasteiger partial charge in [-0.25, -0.2) is 4.79 Å². The fourth-order valence-corrected chi connectivity index (χ4v) is 1.87. The van der Waals surface area contributed by atoms with E-state index in [1.54, 1.807) is 26.2 Å². The van der Waals surface area contributed by atoms with Gasteiger partial charge in [0.25, 0.3) is 0 Å². The fourth-order valence-electron chi connectivity index (χ4n) is 1.53. The summed E-state index contributed by atoms with van der Waals surface area (Å²) in [6, 6.07) is 5.39. The Hall–Kier alpha value is -1.27. The second-order valence-corrected chi connectivity index (χ2v) is 4.67. The van der Waals surface area contributed by atoms with Gasteiger partial charge in [0.15, 0.2) is 24.2 Å². The number of carbonyl (C=O) groups excluding carboxylic acids is 1. The van der Waals surface area contributed by atoms with Gasteiger partial charge in [0.1, 0.15) is 0 Å². The summed E-state index contributed by atoms with van der Waals surface area (Å²) < 4.78 is 21.8. The first-order valence-corrected chi connectivity index (χ1v) is 6.21. The number of hydrogen-bond acceptors (Lipinski definition) is 5. The minimum absolute atomic E-state index is 0.133. The van der Waals surface area contributed by atoms with E-state index < -0.39 is 12.4 Å². The first kappa shape index (κ1) is 13.2. The van der Waals surface area contributed by atoms with Crippen molar-refractivity contribution in [2.75, 3.05) is 13.7 Å². The molecule has 0 radical (unpaired) electrons. The molecule has 0 aromatic heterocycles. The van der Waals surface area contributed by atoms with Crippen LogP contribution in [0.1, 0.15) is 6.92 Å². The van der Waals surface area contributed by atoms with Crippen molar-refractivity contribution in [3.8, 4) is 11.5 Å². The molecule has 6 heteroatoms. The zero-order valence-corrected chi connectivity index (χ0v) is 11.6. The van der Waals surface area contributed by atoms with Gasteiger partial charge in [-0.3, -0.25) is 0 Å². The predicted molar refractivity (Wildman–Crippen MR) is 66.6 cm³/mol. The highest BCUT2D eigenvalue weighted by Crippen LogP contribution is 2.30. The third-order valence-corrected chi connectivity index (χ3v) is 2.93. The summed E-state index contributed by atoms with van der Waals surface area (Å²) in [7, 11) is 1.56. The molecule has 0 amide bonds. The molecule has 1 aromatic carbocycles. The van der Waals surface area contributed by atoms with Gasteiger partial charge in [-0.1, -0.05) is 15.9 Å². The summed E-state index contributed by atoms with van der Waals surface area (Å²) >= 11 is 3.34. The van der Waals surface area contributed by atoms with E-state index in [0.717, 1.165) is 4.47 Å². The molecule has 1 aromatic rings. The molecule has 18 heavy (non-hydrogen) atoms. The summed E-state index contributed by atoms with van der Waals surface area (Å²) in [4.78, 5) is 11.1. The van der Waals surface area contributed by atoms with Crippen molar-refractivity contribution in [1.29, 1.82) is 0 Å². The van der Waals surface area contributed by atoms with E-state index >= 15 is 0 Å². The molecule has 0 aliphatic carbocycles. The first-order valence-electron chi connectivity index (χ1n) is 5.42. The minimum atomic E-state index is -0.666. The van der Waals surface area contributed by atoms with Gasteiger partial charge in [-0.15, -0.1) is 0 Å². The molecule has 98 valence electrons. The molecule has 1 heterocycles. The number of halogens is 1. The van der Waals surface area contributed by atoms with Crippen molar-refractivity contribution in [2.45, 2.75) is 19.3 Å². The molecule has 0 saturated carbocycles. The molecule has 2 rings (SSSR count). The van der Waals surface area contributed by atoms with E-state index in [1.807, 2.05) is 6.07 Å². The van der Waals surface area contributed by atoms with Crippen LogP contribution in [-0.4, -0.2) is 32.1 Å². The third kappa shape index (κ3) is 2.94. The van der Waals surface area contributed by atoms with E-state index in [9.17, 15) is 4.79 Å². The average Bonchev–Trinajstić information content (AvgIpc) is 2.67. The lowest BCUT2D eigenvalue weighted by molar-refractivity contribution is -0.145. The highest BCUT2D eigenvalue weighted by Gasteiger charge is 2.32. The van der Waals surface area contributed by atoms with Crippen LogP contribution in [0.2, 0.25) is 0 Å². The van der Waals surface area contributed by atoms with Crippen LogP contribution in [0.25, 0.3) is 0 Å². The maximum atomic E-state index is 11.1. The third-order valence-electron chi connectivity index (χ3n) is 2.44. The van der Waals surface area contributed by atoms with Crippen LogP contribution in [0.5, 0.6) is 11.5 Å². The van der Waals surface area contributed by atoms with Gasteiger partial charge in [-0.2, -0.15) is 0 Å². The number of rotatable bonds is 4. The predicted octanol–water partition coefficient (Wildman–Crippen LogP) is 2.12. The van der Waals surface area contributed by atoms with Gasteiger partial charge >= 0.3 is 5.97 Å². The smallest absolute Gasteiger partial charge is 0.337 e. The lowest BCUT2D eigenvalue weighted by Gasteiger charge is -2.13. The molecular formula is C12H13BrO5. The summed E-state index contributed by atoms with van der Waals surface area (Å²) in [5.41, 5.74) is 0. The van der Waals surface area contributed by atoms with Crippen LogP contribution >= 0.6 is 15.9 Å². The Labute approximate surface area is 113 Å². The van der Waals surface area contributed by atoms with Crippen LogP contribution in [0.15, 0.2) is 22.7 Å². The molecule has 2 atom stereocenters. The lowest BCUT2D eigenvalue weighted by atomic mass is 10.3. The molecule has 1 aliphatic heterocycles. The van der Waals surface area contributed by atoms with E-state index in [1.165, 1.54) is 0 Å². The Morgan fingerprint density at radius 3 is 2.78 bits per heavy atom. The molecule has 1 aliphatic rings. The maximum absolute atomic E-state index is 11.1. The van der Waals surface area contributed by atoms with E-state index in [0.29, 0.717) is 11.5 Å². The topological polar surface area (TPSA) is 54.0 Å². The quantitative estimate of drug-likeness (QED) is 0.796. The Balaban J connectivity index is 1.96. The van der Waals surface area contributed by atoms with Crippen molar-refractivity contribution in [3.05, 3.63) is 22.7 Å². The van der Waals surface area contributed by atoms with Crippen LogP contribution in [0, 0.1) is 0 Å². The summed E-state index contributed by atoms with van der Waals surface area (Å²) in [5.74, 6) is 0.799. The Kier molecular flexibility index (Phi) is 4.08. The SMILES string of the molecule is COc1cc(Br)ccc1OCC1OC(=O)C(C)O1. The van der Waals surface area contributed by atoms with Crippen LogP contribution in [0.3, 0.4) is 0 Å². The van der Waals surface area contributed by atoms with E-state index in [4.69, 9.17) is 18.9 Å². The summed E-state index contributed by atoms with van der Waals surface area (Å²) in [6.45, 7) is 1.77. The minimum Gasteiger partial charge on any atom is -0.493 e. The first-order chi connectivity index (χ1) is 8.60. The number of ether oxygens (including phenoxy) is 4. The molecule has 0 spiro atoms. The second kappa shape index (κ2) is 5.58. The van der Waals surface area contributed by atoms with Crippen molar-refractivity contribution < 1.29 is 23.7 Å². The zero-order valence-electron chi connectivity index (χ0n) is 10.0. The van der Waals surface area contributed by atoms with E-state index in [2.05, 4.69) is 15.9 Å². The largest absolute Gasteiger partial charge is 0.493 e. The van der Waals surface area contributed by atoms with Crippen LogP contribution < -0.4 is 9.47 Å². The van der Waals surface area contributed by atoms with Crippen molar-refractivity contribution in [2.24, 2.45) is 0 Å². The Morgan fingerprint density at radius 2 is 2.17 bits per heavy atom.